The highest BCUT2D eigenvalue weighted by Gasteiger charge is 2.09. The van der Waals surface area contributed by atoms with Crippen LogP contribution in [0.3, 0.4) is 0 Å². The lowest BCUT2D eigenvalue weighted by atomic mass is 10.4. The van der Waals surface area contributed by atoms with Crippen LogP contribution in [0.4, 0.5) is 0 Å². The van der Waals surface area contributed by atoms with Gasteiger partial charge in [0.05, 0.1) is 19.6 Å². The van der Waals surface area contributed by atoms with Crippen LogP contribution in [0.2, 0.25) is 0 Å². The molecule has 0 amide bonds. The Morgan fingerprint density at radius 2 is 2.67 bits per heavy atom. The molecule has 0 aliphatic carbocycles. The summed E-state index contributed by atoms with van der Waals surface area (Å²) < 4.78 is 6.21. The number of rotatable bonds is 3. The van der Waals surface area contributed by atoms with E-state index in [0.717, 1.165) is 0 Å². The highest BCUT2D eigenvalue weighted by Crippen LogP contribution is 2.00. The summed E-state index contributed by atoms with van der Waals surface area (Å²) in [5.74, 6) is -0.380. The van der Waals surface area contributed by atoms with Crippen molar-refractivity contribution < 1.29 is 9.53 Å². The summed E-state index contributed by atoms with van der Waals surface area (Å²) in [6.07, 6.45) is 4.72. The Morgan fingerprint density at radius 3 is 3.25 bits per heavy atom. The third-order valence-corrected chi connectivity index (χ3v) is 1.43. The van der Waals surface area contributed by atoms with Gasteiger partial charge in [-0.3, -0.25) is 0 Å². The van der Waals surface area contributed by atoms with Crippen molar-refractivity contribution in [1.29, 1.82) is 0 Å². The SMILES string of the molecule is C=CCn1cncc1C(=O)OC. The molecule has 0 saturated carbocycles. The number of methoxy groups -OCH3 is 1. The van der Waals surface area contributed by atoms with Crippen molar-refractivity contribution in [2.24, 2.45) is 0 Å². The van der Waals surface area contributed by atoms with Gasteiger partial charge >= 0.3 is 5.97 Å². The van der Waals surface area contributed by atoms with E-state index in [2.05, 4.69) is 16.3 Å². The first kappa shape index (κ1) is 8.52. The van der Waals surface area contributed by atoms with Crippen molar-refractivity contribution in [2.45, 2.75) is 6.54 Å². The molecule has 1 heterocycles. The van der Waals surface area contributed by atoms with Gasteiger partial charge in [0.15, 0.2) is 0 Å². The minimum Gasteiger partial charge on any atom is -0.464 e. The fourth-order valence-corrected chi connectivity index (χ4v) is 0.880. The monoisotopic (exact) mass is 166 g/mol. The molecule has 0 fully saturated rings. The van der Waals surface area contributed by atoms with Crippen LogP contribution < -0.4 is 0 Å². The average molecular weight is 166 g/mol. The second-order valence-corrected chi connectivity index (χ2v) is 2.21. The summed E-state index contributed by atoms with van der Waals surface area (Å²) >= 11 is 0. The second kappa shape index (κ2) is 3.71. The number of hydrogen-bond donors (Lipinski definition) is 0. The zero-order chi connectivity index (χ0) is 8.97. The average Bonchev–Trinajstić information content (AvgIpc) is 2.52. The van der Waals surface area contributed by atoms with Gasteiger partial charge in [-0.15, -0.1) is 6.58 Å². The normalized spacial score (nSPS) is 9.42. The van der Waals surface area contributed by atoms with Gasteiger partial charge in [0.2, 0.25) is 0 Å². The predicted octanol–water partition coefficient (Wildman–Crippen LogP) is 0.856. The number of nitrogens with zero attached hydrogens (tertiary/aromatic N) is 2. The summed E-state index contributed by atoms with van der Waals surface area (Å²) in [7, 11) is 1.34. The molecule has 12 heavy (non-hydrogen) atoms. The Balaban J connectivity index is 2.90. The highest BCUT2D eigenvalue weighted by atomic mass is 16.5. The second-order valence-electron chi connectivity index (χ2n) is 2.21. The number of ether oxygens (including phenoxy) is 1. The van der Waals surface area contributed by atoms with Crippen molar-refractivity contribution >= 4 is 5.97 Å². The first-order valence-corrected chi connectivity index (χ1v) is 3.49. The molecule has 1 aromatic rings. The molecule has 0 aliphatic rings. The lowest BCUT2D eigenvalue weighted by Crippen LogP contribution is -2.08. The smallest absolute Gasteiger partial charge is 0.356 e. The predicted molar refractivity (Wildman–Crippen MR) is 43.8 cm³/mol. The van der Waals surface area contributed by atoms with Gasteiger partial charge < -0.3 is 9.30 Å². The molecule has 0 aromatic carbocycles. The standard InChI is InChI=1S/C8H10N2O2/c1-3-4-10-6-9-5-7(10)8(11)12-2/h3,5-6H,1,4H2,2H3. The van der Waals surface area contributed by atoms with Crippen LogP contribution in [-0.2, 0) is 11.3 Å². The zero-order valence-electron chi connectivity index (χ0n) is 6.86. The van der Waals surface area contributed by atoms with E-state index in [4.69, 9.17) is 0 Å². The molecule has 0 atom stereocenters. The van der Waals surface area contributed by atoms with Crippen molar-refractivity contribution in [3.63, 3.8) is 0 Å². The Morgan fingerprint density at radius 1 is 1.92 bits per heavy atom. The lowest BCUT2D eigenvalue weighted by molar-refractivity contribution is 0.0589. The number of esters is 1. The van der Waals surface area contributed by atoms with E-state index in [1.54, 1.807) is 17.0 Å². The van der Waals surface area contributed by atoms with E-state index in [1.165, 1.54) is 13.3 Å². The molecule has 1 aromatic heterocycles. The molecule has 0 bridgehead atoms. The zero-order valence-corrected chi connectivity index (χ0v) is 6.86. The molecule has 4 nitrogen and oxygen atoms in total. The fraction of sp³-hybridized carbons (Fsp3) is 0.250. The van der Waals surface area contributed by atoms with Crippen LogP contribution in [0.25, 0.3) is 0 Å². The van der Waals surface area contributed by atoms with E-state index in [1.807, 2.05) is 0 Å². The van der Waals surface area contributed by atoms with Crippen LogP contribution in [0.15, 0.2) is 25.2 Å². The molecule has 0 unspecified atom stereocenters. The van der Waals surface area contributed by atoms with Crippen LogP contribution in [-0.4, -0.2) is 22.6 Å². The third-order valence-electron chi connectivity index (χ3n) is 1.43. The molecule has 0 spiro atoms. The Hall–Kier alpha value is -1.58. The van der Waals surface area contributed by atoms with Gasteiger partial charge in [-0.05, 0) is 0 Å². The van der Waals surface area contributed by atoms with Crippen LogP contribution >= 0.6 is 0 Å². The topological polar surface area (TPSA) is 44.1 Å². The molecule has 0 N–H and O–H groups in total. The molecule has 0 radical (unpaired) electrons. The lowest BCUT2D eigenvalue weighted by Gasteiger charge is -2.01. The van der Waals surface area contributed by atoms with Crippen LogP contribution in [0.1, 0.15) is 10.5 Å². The third kappa shape index (κ3) is 1.53. The molecule has 64 valence electrons. The van der Waals surface area contributed by atoms with E-state index in [-0.39, 0.29) is 5.97 Å². The number of carbonyl (C=O) groups excluding carboxylic acids is 1. The maximum Gasteiger partial charge on any atom is 0.356 e. The maximum atomic E-state index is 11.1. The molecule has 1 rings (SSSR count). The number of hydrogen-bond acceptors (Lipinski definition) is 3. The summed E-state index contributed by atoms with van der Waals surface area (Å²) in [6, 6.07) is 0. The van der Waals surface area contributed by atoms with Gasteiger partial charge in [0, 0.05) is 6.54 Å². The van der Waals surface area contributed by atoms with Gasteiger partial charge in [0.25, 0.3) is 0 Å². The Labute approximate surface area is 70.5 Å². The molecule has 4 heteroatoms. The van der Waals surface area contributed by atoms with Crippen LogP contribution in [0, 0.1) is 0 Å². The largest absolute Gasteiger partial charge is 0.464 e. The molecule has 0 aliphatic heterocycles. The summed E-state index contributed by atoms with van der Waals surface area (Å²) in [5, 5.41) is 0. The minimum atomic E-state index is -0.380. The first-order chi connectivity index (χ1) is 5.79. The fourth-order valence-electron chi connectivity index (χ4n) is 0.880. The van der Waals surface area contributed by atoms with Gasteiger partial charge in [-0.2, -0.15) is 0 Å². The minimum absolute atomic E-state index is 0.380. The molecular formula is C8H10N2O2. The quantitative estimate of drug-likeness (QED) is 0.494. The molecule has 0 saturated heterocycles. The molecular weight excluding hydrogens is 156 g/mol. The van der Waals surface area contributed by atoms with Crippen molar-refractivity contribution in [3.05, 3.63) is 30.9 Å². The summed E-state index contributed by atoms with van der Waals surface area (Å²) in [4.78, 5) is 14.9. The van der Waals surface area contributed by atoms with Crippen molar-refractivity contribution in [1.82, 2.24) is 9.55 Å². The Bertz CT molecular complexity index is 291. The van der Waals surface area contributed by atoms with Gasteiger partial charge in [-0.25, -0.2) is 9.78 Å². The summed E-state index contributed by atoms with van der Waals surface area (Å²) in [6.45, 7) is 4.12. The number of aromatic nitrogens is 2. The number of imidazole rings is 1. The first-order valence-electron chi connectivity index (χ1n) is 3.49. The van der Waals surface area contributed by atoms with Crippen molar-refractivity contribution in [3.8, 4) is 0 Å². The highest BCUT2D eigenvalue weighted by molar-refractivity contribution is 5.87. The van der Waals surface area contributed by atoms with E-state index >= 15 is 0 Å². The summed E-state index contributed by atoms with van der Waals surface area (Å²) in [5.41, 5.74) is 0.442. The number of carbonyl (C=O) groups is 1. The van der Waals surface area contributed by atoms with Crippen LogP contribution in [0.5, 0.6) is 0 Å². The van der Waals surface area contributed by atoms with E-state index < -0.39 is 0 Å². The maximum absolute atomic E-state index is 11.1. The van der Waals surface area contributed by atoms with E-state index in [0.29, 0.717) is 12.2 Å². The number of allylic oxidation sites excluding steroid dienone is 1. The van der Waals surface area contributed by atoms with E-state index in [9.17, 15) is 4.79 Å². The van der Waals surface area contributed by atoms with Gasteiger partial charge in [-0.1, -0.05) is 6.08 Å². The van der Waals surface area contributed by atoms with Gasteiger partial charge in [0.1, 0.15) is 5.69 Å². The van der Waals surface area contributed by atoms with Crippen molar-refractivity contribution in [2.75, 3.05) is 7.11 Å². The Kier molecular flexibility index (Phi) is 2.63.